The fourth-order valence-electron chi connectivity index (χ4n) is 3.75. The van der Waals surface area contributed by atoms with E-state index in [9.17, 15) is 14.4 Å². The third-order valence-corrected chi connectivity index (χ3v) is 5.45. The molecule has 2 heterocycles. The van der Waals surface area contributed by atoms with Crippen LogP contribution in [0, 0.1) is 12.3 Å². The molecule has 1 atom stereocenters. The van der Waals surface area contributed by atoms with Gasteiger partial charge in [-0.25, -0.2) is 14.2 Å². The second kappa shape index (κ2) is 9.84. The van der Waals surface area contributed by atoms with Crippen LogP contribution in [0.2, 0.25) is 0 Å². The van der Waals surface area contributed by atoms with Crippen LogP contribution in [0.4, 0.5) is 4.79 Å². The van der Waals surface area contributed by atoms with Crippen molar-refractivity contribution in [1.29, 1.82) is 0 Å². The Bertz CT molecular complexity index is 1000. The Labute approximate surface area is 187 Å². The van der Waals surface area contributed by atoms with Gasteiger partial charge in [0, 0.05) is 26.2 Å². The van der Waals surface area contributed by atoms with E-state index in [-0.39, 0.29) is 12.4 Å². The lowest BCUT2D eigenvalue weighted by atomic mass is 9.86. The van der Waals surface area contributed by atoms with Crippen LogP contribution in [-0.4, -0.2) is 64.9 Å². The van der Waals surface area contributed by atoms with E-state index in [0.29, 0.717) is 37.3 Å². The topological polar surface area (TPSA) is 112 Å². The lowest BCUT2D eigenvalue weighted by Crippen LogP contribution is -2.54. The maximum atomic E-state index is 13.2. The van der Waals surface area contributed by atoms with E-state index < -0.39 is 29.1 Å². The van der Waals surface area contributed by atoms with E-state index in [1.165, 1.54) is 0 Å². The van der Waals surface area contributed by atoms with Gasteiger partial charge in [-0.05, 0) is 30.0 Å². The van der Waals surface area contributed by atoms with Gasteiger partial charge >= 0.3 is 11.7 Å². The molecule has 1 aromatic carbocycles. The van der Waals surface area contributed by atoms with Gasteiger partial charge < -0.3 is 15.8 Å². The molecule has 0 bridgehead atoms. The van der Waals surface area contributed by atoms with Crippen molar-refractivity contribution in [1.82, 2.24) is 19.4 Å². The van der Waals surface area contributed by atoms with E-state index in [0.717, 1.165) is 23.2 Å². The quantitative estimate of drug-likeness (QED) is 0.709. The van der Waals surface area contributed by atoms with Crippen LogP contribution in [0.1, 0.15) is 26.3 Å². The monoisotopic (exact) mass is 453 g/mol. The van der Waals surface area contributed by atoms with Gasteiger partial charge in [0.25, 0.3) is 0 Å². The summed E-state index contributed by atoms with van der Waals surface area (Å²) in [5, 5.41) is 2.65. The Kier molecular flexibility index (Phi) is 7.91. The van der Waals surface area contributed by atoms with Crippen LogP contribution in [0.15, 0.2) is 23.0 Å². The number of hydrogen-bond acceptors (Lipinski definition) is 5. The number of amides is 2. The number of rotatable bonds is 5. The predicted molar refractivity (Wildman–Crippen MR) is 122 cm³/mol. The third-order valence-electron chi connectivity index (χ3n) is 5.45. The number of halogens is 1. The first-order valence-corrected chi connectivity index (χ1v) is 10.2. The summed E-state index contributed by atoms with van der Waals surface area (Å²) in [6.45, 7) is 11.5. The fourth-order valence-corrected chi connectivity index (χ4v) is 3.75. The van der Waals surface area contributed by atoms with Crippen LogP contribution >= 0.6 is 12.4 Å². The van der Waals surface area contributed by atoms with Crippen molar-refractivity contribution in [3.05, 3.63) is 34.2 Å². The van der Waals surface area contributed by atoms with Gasteiger partial charge in [0.2, 0.25) is 5.91 Å². The Balaban J connectivity index is 0.00000341. The normalized spacial score (nSPS) is 16.0. The molecule has 2 amide bonds. The molecule has 0 aliphatic carbocycles. The number of hydrogen-bond donors (Lipinski definition) is 2. The summed E-state index contributed by atoms with van der Waals surface area (Å²) < 4.78 is 8.09. The van der Waals surface area contributed by atoms with Crippen molar-refractivity contribution in [2.75, 3.05) is 32.8 Å². The number of ether oxygens (including phenoxy) is 1. The number of nitrogens with one attached hydrogen (secondary N) is 1. The summed E-state index contributed by atoms with van der Waals surface area (Å²) in [4.78, 5) is 40.4. The Morgan fingerprint density at radius 1 is 1.16 bits per heavy atom. The molecule has 10 heteroatoms. The van der Waals surface area contributed by atoms with Crippen molar-refractivity contribution in [3.63, 3.8) is 0 Å². The number of primary amides is 1. The number of morpholine rings is 1. The number of carbonyl (C=O) groups is 2. The molecular formula is C21H32ClN5O4. The highest BCUT2D eigenvalue weighted by atomic mass is 35.5. The van der Waals surface area contributed by atoms with Crippen molar-refractivity contribution in [3.8, 4) is 0 Å². The minimum atomic E-state index is -0.908. The van der Waals surface area contributed by atoms with Crippen LogP contribution in [-0.2, 0) is 16.1 Å². The average Bonchev–Trinajstić information content (AvgIpc) is 2.94. The number of nitrogens with zero attached hydrogens (tertiary/aromatic N) is 3. The van der Waals surface area contributed by atoms with E-state index in [2.05, 4.69) is 10.2 Å². The number of aryl methyl sites for hydroxylation is 1. The molecule has 0 saturated carbocycles. The molecule has 0 radical (unpaired) electrons. The van der Waals surface area contributed by atoms with E-state index in [1.807, 2.05) is 19.1 Å². The highest BCUT2D eigenvalue weighted by molar-refractivity contribution is 5.93. The molecule has 1 saturated heterocycles. The summed E-state index contributed by atoms with van der Waals surface area (Å²) in [6.07, 6.45) is 0. The summed E-state index contributed by atoms with van der Waals surface area (Å²) in [6, 6.07) is 3.95. The molecular weight excluding hydrogens is 422 g/mol. The third kappa shape index (κ3) is 5.47. The molecule has 31 heavy (non-hydrogen) atoms. The molecule has 172 valence electrons. The fraction of sp³-hybridized carbons (Fsp3) is 0.571. The van der Waals surface area contributed by atoms with E-state index in [1.54, 1.807) is 31.4 Å². The van der Waals surface area contributed by atoms with Crippen molar-refractivity contribution in [2.24, 2.45) is 11.1 Å². The molecule has 3 N–H and O–H groups in total. The first-order chi connectivity index (χ1) is 14.1. The minimum Gasteiger partial charge on any atom is -0.379 e. The van der Waals surface area contributed by atoms with E-state index in [4.69, 9.17) is 10.5 Å². The first-order valence-electron chi connectivity index (χ1n) is 10.2. The Hall–Kier alpha value is -2.36. The zero-order valence-electron chi connectivity index (χ0n) is 18.5. The van der Waals surface area contributed by atoms with Gasteiger partial charge in [0.15, 0.2) is 0 Å². The number of carbonyl (C=O) groups excluding carboxylic acids is 2. The maximum absolute atomic E-state index is 13.2. The smallest absolute Gasteiger partial charge is 0.337 e. The Morgan fingerprint density at radius 3 is 2.39 bits per heavy atom. The lowest BCUT2D eigenvalue weighted by molar-refractivity contribution is -0.122. The van der Waals surface area contributed by atoms with Crippen molar-refractivity contribution >= 4 is 35.4 Å². The molecule has 2 aromatic rings. The predicted octanol–water partition coefficient (Wildman–Crippen LogP) is 1.32. The minimum absolute atomic E-state index is 0. The Morgan fingerprint density at radius 2 is 1.81 bits per heavy atom. The van der Waals surface area contributed by atoms with Gasteiger partial charge in [-0.2, -0.15) is 0 Å². The van der Waals surface area contributed by atoms with Crippen molar-refractivity contribution < 1.29 is 14.3 Å². The largest absolute Gasteiger partial charge is 0.379 e. The van der Waals surface area contributed by atoms with Gasteiger partial charge in [0.1, 0.15) is 6.04 Å². The zero-order valence-corrected chi connectivity index (χ0v) is 19.3. The first kappa shape index (κ1) is 24.9. The molecule has 3 rings (SSSR count). The van der Waals surface area contributed by atoms with Crippen LogP contribution in [0.5, 0.6) is 0 Å². The number of imidazole rings is 1. The van der Waals surface area contributed by atoms with Crippen LogP contribution < -0.4 is 16.7 Å². The number of nitrogens with two attached hydrogens (primary N) is 1. The summed E-state index contributed by atoms with van der Waals surface area (Å²) in [7, 11) is 0. The standard InChI is InChI=1S/C21H31N5O4.ClH/c1-14-5-6-15-16(13-14)25(8-7-24-9-11-30-12-10-24)20(29)26(15)19(28)23-17(18(22)27)21(2,3)4;/h5-6,13,17H,7-12H2,1-4H3,(H2,22,27)(H,23,28);1H/t17-;/m1./s1. The van der Waals surface area contributed by atoms with Gasteiger partial charge in [-0.15, -0.1) is 12.4 Å². The zero-order chi connectivity index (χ0) is 22.1. The maximum Gasteiger partial charge on any atom is 0.337 e. The number of fused-ring (bicyclic) bond motifs is 1. The summed E-state index contributed by atoms with van der Waals surface area (Å²) >= 11 is 0. The van der Waals surface area contributed by atoms with Gasteiger partial charge in [-0.1, -0.05) is 26.8 Å². The van der Waals surface area contributed by atoms with Gasteiger partial charge in [0.05, 0.1) is 24.2 Å². The highest BCUT2D eigenvalue weighted by Crippen LogP contribution is 2.20. The van der Waals surface area contributed by atoms with Crippen LogP contribution in [0.25, 0.3) is 11.0 Å². The molecule has 1 aliphatic rings. The average molecular weight is 454 g/mol. The summed E-state index contributed by atoms with van der Waals surface area (Å²) in [5.41, 5.74) is 6.66. The molecule has 1 fully saturated rings. The second-order valence-corrected chi connectivity index (χ2v) is 8.87. The number of benzene rings is 1. The molecule has 1 aliphatic heterocycles. The molecule has 0 unspecified atom stereocenters. The second-order valence-electron chi connectivity index (χ2n) is 8.87. The van der Waals surface area contributed by atoms with Gasteiger partial charge in [-0.3, -0.25) is 14.3 Å². The van der Waals surface area contributed by atoms with Crippen LogP contribution in [0.3, 0.4) is 0 Å². The lowest BCUT2D eigenvalue weighted by Gasteiger charge is -2.28. The molecule has 1 aromatic heterocycles. The molecule has 0 spiro atoms. The van der Waals surface area contributed by atoms with E-state index >= 15 is 0 Å². The highest BCUT2D eigenvalue weighted by Gasteiger charge is 2.32. The molecule has 9 nitrogen and oxygen atoms in total. The van der Waals surface area contributed by atoms with Crippen molar-refractivity contribution in [2.45, 2.75) is 40.3 Å². The SMILES string of the molecule is Cc1ccc2c(c1)n(CCN1CCOCC1)c(=O)n2C(=O)N[C@H](C(N)=O)C(C)(C)C.Cl. The summed E-state index contributed by atoms with van der Waals surface area (Å²) in [5.74, 6) is -0.643. The number of aromatic nitrogens is 2.